The van der Waals surface area contributed by atoms with Crippen LogP contribution in [-0.4, -0.2) is 30.2 Å². The Kier molecular flexibility index (Phi) is 3.99. The molecule has 1 heterocycles. The van der Waals surface area contributed by atoms with Gasteiger partial charge in [-0.3, -0.25) is 14.8 Å². The Morgan fingerprint density at radius 2 is 1.74 bits per heavy atom. The maximum absolute atomic E-state index is 12.6. The zero-order chi connectivity index (χ0) is 16.4. The predicted molar refractivity (Wildman–Crippen MR) is 84.6 cm³/mol. The van der Waals surface area contributed by atoms with Gasteiger partial charge in [-0.1, -0.05) is 30.3 Å². The van der Waals surface area contributed by atoms with Gasteiger partial charge in [0.2, 0.25) is 5.91 Å². The minimum absolute atomic E-state index is 0.0950. The van der Waals surface area contributed by atoms with E-state index in [-0.39, 0.29) is 12.3 Å². The van der Waals surface area contributed by atoms with Crippen molar-refractivity contribution in [3.63, 3.8) is 0 Å². The summed E-state index contributed by atoms with van der Waals surface area (Å²) in [4.78, 5) is 26.0. The fraction of sp³-hybridized carbons (Fsp3) is 0.176. The van der Waals surface area contributed by atoms with E-state index in [2.05, 4.69) is 0 Å². The highest BCUT2D eigenvalue weighted by molar-refractivity contribution is 6.23. The first-order valence-corrected chi connectivity index (χ1v) is 7.16. The summed E-state index contributed by atoms with van der Waals surface area (Å²) in [5, 5.41) is 11.1. The molecule has 0 aromatic heterocycles. The highest BCUT2D eigenvalue weighted by Gasteiger charge is 2.43. The van der Waals surface area contributed by atoms with Gasteiger partial charge in [-0.15, -0.1) is 0 Å². The highest BCUT2D eigenvalue weighted by Crippen LogP contribution is 2.33. The molecule has 2 aromatic carbocycles. The van der Waals surface area contributed by atoms with Gasteiger partial charge in [-0.2, -0.15) is 0 Å². The number of imide groups is 1. The maximum Gasteiger partial charge on any atom is 0.259 e. The lowest BCUT2D eigenvalue weighted by Gasteiger charge is -2.23. The van der Waals surface area contributed by atoms with Crippen LogP contribution in [0.4, 0.5) is 11.4 Å². The summed E-state index contributed by atoms with van der Waals surface area (Å²) in [5.74, 6) is -0.426. The topological polar surface area (TPSA) is 70.1 Å². The maximum atomic E-state index is 12.6. The van der Waals surface area contributed by atoms with Crippen LogP contribution in [0.25, 0.3) is 0 Å². The molecule has 6 nitrogen and oxygen atoms in total. The van der Waals surface area contributed by atoms with Crippen LogP contribution in [0.2, 0.25) is 0 Å². The molecule has 2 aromatic rings. The second-order valence-electron chi connectivity index (χ2n) is 5.14. The van der Waals surface area contributed by atoms with Gasteiger partial charge in [-0.25, -0.2) is 9.96 Å². The fourth-order valence-electron chi connectivity index (χ4n) is 2.64. The minimum Gasteiger partial charge on any atom is -0.495 e. The number of methoxy groups -OCH3 is 1. The van der Waals surface area contributed by atoms with E-state index in [1.54, 1.807) is 54.6 Å². The number of anilines is 2. The molecule has 0 saturated carbocycles. The van der Waals surface area contributed by atoms with E-state index in [0.717, 1.165) is 9.96 Å². The number of amides is 2. The second kappa shape index (κ2) is 6.10. The van der Waals surface area contributed by atoms with Crippen molar-refractivity contribution in [2.24, 2.45) is 0 Å². The summed E-state index contributed by atoms with van der Waals surface area (Å²) in [5.41, 5.74) is 0.842. The molecule has 1 aliphatic rings. The number of ether oxygens (including phenoxy) is 1. The molecular formula is C17H16N2O4. The van der Waals surface area contributed by atoms with Crippen LogP contribution >= 0.6 is 0 Å². The minimum atomic E-state index is -0.949. The molecule has 1 saturated heterocycles. The molecule has 23 heavy (non-hydrogen) atoms. The Balaban J connectivity index is 1.91. The molecule has 1 N–H and O–H groups in total. The van der Waals surface area contributed by atoms with Crippen molar-refractivity contribution in [3.8, 4) is 5.75 Å². The number of hydroxylamine groups is 1. The average Bonchev–Trinajstić information content (AvgIpc) is 2.89. The number of para-hydroxylation sites is 3. The first-order chi connectivity index (χ1) is 11.1. The van der Waals surface area contributed by atoms with Crippen molar-refractivity contribution in [2.75, 3.05) is 17.1 Å². The number of hydrogen-bond donors (Lipinski definition) is 1. The Morgan fingerprint density at radius 1 is 1.09 bits per heavy atom. The molecule has 3 rings (SSSR count). The first-order valence-electron chi connectivity index (χ1n) is 7.16. The molecule has 2 amide bonds. The standard InChI is InChI=1S/C17H16N2O4/c1-23-15-10-6-5-9-13(15)18-16(20)11-14(17(18)21)19(22)12-7-3-2-4-8-12/h2-10,14,22H,11H2,1H3/t14-/m1/s1. The summed E-state index contributed by atoms with van der Waals surface area (Å²) in [6, 6.07) is 14.5. The normalized spacial score (nSPS) is 17.5. The molecule has 0 spiro atoms. The van der Waals surface area contributed by atoms with Crippen LogP contribution in [0, 0.1) is 0 Å². The predicted octanol–water partition coefficient (Wildman–Crippen LogP) is 2.22. The number of nitrogens with zero attached hydrogens (tertiary/aromatic N) is 2. The summed E-state index contributed by atoms with van der Waals surface area (Å²) < 4.78 is 5.21. The number of hydrogen-bond acceptors (Lipinski definition) is 5. The molecule has 0 radical (unpaired) electrons. The van der Waals surface area contributed by atoms with Gasteiger partial charge < -0.3 is 4.74 Å². The Morgan fingerprint density at radius 3 is 2.43 bits per heavy atom. The fourth-order valence-corrected chi connectivity index (χ4v) is 2.64. The number of rotatable bonds is 4. The zero-order valence-electron chi connectivity index (χ0n) is 12.5. The van der Waals surface area contributed by atoms with Gasteiger partial charge in [0.1, 0.15) is 11.8 Å². The van der Waals surface area contributed by atoms with Gasteiger partial charge in [0.05, 0.1) is 24.9 Å². The van der Waals surface area contributed by atoms with Gasteiger partial charge >= 0.3 is 0 Å². The molecule has 6 heteroatoms. The van der Waals surface area contributed by atoms with Crippen LogP contribution in [0.5, 0.6) is 5.75 Å². The van der Waals surface area contributed by atoms with Crippen LogP contribution in [0.3, 0.4) is 0 Å². The lowest BCUT2D eigenvalue weighted by molar-refractivity contribution is -0.121. The van der Waals surface area contributed by atoms with Crippen LogP contribution in [0.15, 0.2) is 54.6 Å². The quantitative estimate of drug-likeness (QED) is 0.692. The summed E-state index contributed by atoms with van der Waals surface area (Å²) in [6.45, 7) is 0. The van der Waals surface area contributed by atoms with Crippen molar-refractivity contribution in [3.05, 3.63) is 54.6 Å². The summed E-state index contributed by atoms with van der Waals surface area (Å²) in [7, 11) is 1.48. The Hall–Kier alpha value is -2.86. The van der Waals surface area contributed by atoms with Gasteiger partial charge in [0.15, 0.2) is 0 Å². The molecule has 1 atom stereocenters. The van der Waals surface area contributed by atoms with Crippen LogP contribution in [0.1, 0.15) is 6.42 Å². The zero-order valence-corrected chi connectivity index (χ0v) is 12.5. The van der Waals surface area contributed by atoms with E-state index in [1.807, 2.05) is 0 Å². The smallest absolute Gasteiger partial charge is 0.259 e. The lowest BCUT2D eigenvalue weighted by atomic mass is 10.2. The van der Waals surface area contributed by atoms with Gasteiger partial charge in [0, 0.05) is 0 Å². The summed E-state index contributed by atoms with van der Waals surface area (Å²) in [6.07, 6.45) is -0.0950. The van der Waals surface area contributed by atoms with Crippen LogP contribution in [-0.2, 0) is 9.59 Å². The number of carbonyl (C=O) groups is 2. The molecule has 0 aliphatic carbocycles. The third-order valence-corrected chi connectivity index (χ3v) is 3.76. The molecule has 118 valence electrons. The molecule has 0 unspecified atom stereocenters. The van der Waals surface area contributed by atoms with Gasteiger partial charge in [-0.05, 0) is 24.3 Å². The molecule has 1 fully saturated rings. The average molecular weight is 312 g/mol. The van der Waals surface area contributed by atoms with Crippen LogP contribution < -0.4 is 14.7 Å². The molecule has 1 aliphatic heterocycles. The van der Waals surface area contributed by atoms with Crippen molar-refractivity contribution in [2.45, 2.75) is 12.5 Å². The number of carbonyl (C=O) groups excluding carboxylic acids is 2. The Bertz CT molecular complexity index is 732. The van der Waals surface area contributed by atoms with E-state index < -0.39 is 11.9 Å². The summed E-state index contributed by atoms with van der Waals surface area (Å²) >= 11 is 0. The second-order valence-corrected chi connectivity index (χ2v) is 5.14. The van der Waals surface area contributed by atoms with Crippen molar-refractivity contribution in [1.82, 2.24) is 0 Å². The Labute approximate surface area is 133 Å². The lowest BCUT2D eigenvalue weighted by Crippen LogP contribution is -2.40. The van der Waals surface area contributed by atoms with Crippen molar-refractivity contribution < 1.29 is 19.5 Å². The SMILES string of the molecule is COc1ccccc1N1C(=O)C[C@@H](N(O)c2ccccc2)C1=O. The van der Waals surface area contributed by atoms with E-state index in [1.165, 1.54) is 7.11 Å². The monoisotopic (exact) mass is 312 g/mol. The van der Waals surface area contributed by atoms with Gasteiger partial charge in [0.25, 0.3) is 5.91 Å². The first kappa shape index (κ1) is 15.1. The van der Waals surface area contributed by atoms with E-state index in [9.17, 15) is 14.8 Å². The van der Waals surface area contributed by atoms with E-state index >= 15 is 0 Å². The van der Waals surface area contributed by atoms with E-state index in [4.69, 9.17) is 4.74 Å². The highest BCUT2D eigenvalue weighted by atomic mass is 16.5. The van der Waals surface area contributed by atoms with Crippen molar-refractivity contribution in [1.29, 1.82) is 0 Å². The van der Waals surface area contributed by atoms with E-state index in [0.29, 0.717) is 17.1 Å². The molecule has 0 bridgehead atoms. The number of benzene rings is 2. The third-order valence-electron chi connectivity index (χ3n) is 3.76. The van der Waals surface area contributed by atoms with Crippen molar-refractivity contribution >= 4 is 23.2 Å². The largest absolute Gasteiger partial charge is 0.495 e. The molecular weight excluding hydrogens is 296 g/mol. The third kappa shape index (κ3) is 2.64.